The van der Waals surface area contributed by atoms with Gasteiger partial charge in [-0.25, -0.2) is 4.79 Å². The van der Waals surface area contributed by atoms with Crippen molar-refractivity contribution < 1.29 is 9.53 Å². The van der Waals surface area contributed by atoms with Crippen molar-refractivity contribution in [2.24, 2.45) is 0 Å². The lowest BCUT2D eigenvalue weighted by Crippen LogP contribution is -2.49. The first-order chi connectivity index (χ1) is 13.6. The van der Waals surface area contributed by atoms with Crippen LogP contribution in [0.1, 0.15) is 36.6 Å². The summed E-state index contributed by atoms with van der Waals surface area (Å²) in [6.07, 6.45) is 3.26. The van der Waals surface area contributed by atoms with Crippen molar-refractivity contribution >= 4 is 23.1 Å². The fourth-order valence-corrected chi connectivity index (χ4v) is 5.04. The molecule has 2 aliphatic heterocycles. The van der Waals surface area contributed by atoms with Gasteiger partial charge in [0.2, 0.25) is 0 Å². The highest BCUT2D eigenvalue weighted by molar-refractivity contribution is 7.10. The minimum absolute atomic E-state index is 0.0131. The molecule has 6 heteroatoms. The number of piperazine rings is 1. The molecule has 150 valence electrons. The van der Waals surface area contributed by atoms with E-state index in [4.69, 9.17) is 4.74 Å². The van der Waals surface area contributed by atoms with Crippen LogP contribution in [0.2, 0.25) is 0 Å². The molecule has 0 saturated carbocycles. The number of nitrogens with zero attached hydrogens (tertiary/aromatic N) is 2. The summed E-state index contributed by atoms with van der Waals surface area (Å²) in [5, 5.41) is 5.21. The summed E-state index contributed by atoms with van der Waals surface area (Å²) in [7, 11) is 0. The van der Waals surface area contributed by atoms with Gasteiger partial charge in [-0.1, -0.05) is 13.3 Å². The molecule has 1 aromatic heterocycles. The van der Waals surface area contributed by atoms with Gasteiger partial charge in [0.15, 0.2) is 0 Å². The van der Waals surface area contributed by atoms with Crippen molar-refractivity contribution in [3.8, 4) is 5.75 Å². The highest BCUT2D eigenvalue weighted by atomic mass is 32.1. The molecular weight excluding hydrogens is 370 g/mol. The van der Waals surface area contributed by atoms with Crippen molar-refractivity contribution in [2.45, 2.75) is 51.7 Å². The maximum atomic E-state index is 12.7. The van der Waals surface area contributed by atoms with Crippen LogP contribution in [0.25, 0.3) is 0 Å². The average Bonchev–Trinajstić information content (AvgIpc) is 3.40. The summed E-state index contributed by atoms with van der Waals surface area (Å²) < 4.78 is 5.68. The maximum Gasteiger partial charge on any atom is 0.322 e. The number of thiophene rings is 1. The van der Waals surface area contributed by atoms with Crippen LogP contribution in [0, 0.1) is 6.92 Å². The number of carbonyl (C=O) groups is 1. The molecule has 2 bridgehead atoms. The molecular formula is C22H29N3O2S. The third-order valence-electron chi connectivity index (χ3n) is 5.80. The number of ether oxygens (including phenoxy) is 1. The summed E-state index contributed by atoms with van der Waals surface area (Å²) in [5.41, 5.74) is 2.20. The Hall–Kier alpha value is -2.05. The number of hydrogen-bond donors (Lipinski definition) is 1. The summed E-state index contributed by atoms with van der Waals surface area (Å²) in [6, 6.07) is 10.7. The highest BCUT2D eigenvalue weighted by Gasteiger charge is 2.45. The van der Waals surface area contributed by atoms with E-state index in [0.29, 0.717) is 12.1 Å². The molecule has 4 rings (SSSR count). The Morgan fingerprint density at radius 1 is 1.21 bits per heavy atom. The van der Waals surface area contributed by atoms with Gasteiger partial charge in [-0.05, 0) is 61.0 Å². The van der Waals surface area contributed by atoms with Crippen LogP contribution in [-0.4, -0.2) is 47.6 Å². The van der Waals surface area contributed by atoms with E-state index < -0.39 is 0 Å². The zero-order valence-electron chi connectivity index (χ0n) is 16.7. The second-order valence-corrected chi connectivity index (χ2v) is 8.81. The number of amides is 2. The van der Waals surface area contributed by atoms with E-state index in [9.17, 15) is 4.79 Å². The Labute approximate surface area is 171 Å². The quantitative estimate of drug-likeness (QED) is 0.685. The van der Waals surface area contributed by atoms with Crippen LogP contribution in [-0.2, 0) is 6.54 Å². The van der Waals surface area contributed by atoms with Crippen LogP contribution in [0.15, 0.2) is 35.7 Å². The molecule has 1 N–H and O–H groups in total. The molecule has 0 aliphatic carbocycles. The first-order valence-electron chi connectivity index (χ1n) is 10.2. The average molecular weight is 400 g/mol. The van der Waals surface area contributed by atoms with Crippen molar-refractivity contribution in [2.75, 3.05) is 25.0 Å². The largest absolute Gasteiger partial charge is 0.494 e. The van der Waals surface area contributed by atoms with Gasteiger partial charge in [-0.15, -0.1) is 11.3 Å². The first-order valence-corrected chi connectivity index (χ1v) is 11.1. The molecule has 28 heavy (non-hydrogen) atoms. The van der Waals surface area contributed by atoms with Gasteiger partial charge in [-0.2, -0.15) is 0 Å². The van der Waals surface area contributed by atoms with E-state index in [1.54, 1.807) is 0 Å². The fraction of sp³-hybridized carbons (Fsp3) is 0.500. The number of unbranched alkanes of at least 4 members (excludes halogenated alkanes) is 1. The van der Waals surface area contributed by atoms with Crippen LogP contribution in [0.4, 0.5) is 10.5 Å². The Morgan fingerprint density at radius 3 is 2.68 bits per heavy atom. The molecule has 2 aliphatic rings. The third kappa shape index (κ3) is 4.18. The number of benzene rings is 1. The Bertz CT molecular complexity index is 804. The van der Waals surface area contributed by atoms with Gasteiger partial charge in [0.25, 0.3) is 0 Å². The number of hydrogen-bond acceptors (Lipinski definition) is 4. The van der Waals surface area contributed by atoms with Crippen molar-refractivity contribution in [3.05, 3.63) is 46.2 Å². The number of aryl methyl sites for hydroxylation is 1. The van der Waals surface area contributed by atoms with Crippen LogP contribution in [0.5, 0.6) is 5.75 Å². The Balaban J connectivity index is 1.28. The minimum Gasteiger partial charge on any atom is -0.494 e. The maximum absolute atomic E-state index is 12.7. The number of nitrogens with one attached hydrogen (secondary N) is 1. The van der Waals surface area contributed by atoms with Gasteiger partial charge in [-0.3, -0.25) is 4.90 Å². The van der Waals surface area contributed by atoms with E-state index in [0.717, 1.165) is 56.9 Å². The predicted octanol–water partition coefficient (Wildman–Crippen LogP) is 4.73. The van der Waals surface area contributed by atoms with Crippen molar-refractivity contribution in [1.82, 2.24) is 9.80 Å². The monoisotopic (exact) mass is 399 g/mol. The van der Waals surface area contributed by atoms with E-state index in [1.807, 2.05) is 40.5 Å². The molecule has 2 saturated heterocycles. The van der Waals surface area contributed by atoms with Gasteiger partial charge in [0.1, 0.15) is 5.75 Å². The SMILES string of the molecule is CCCCOc1ccc(NC(=O)N2CC3CC2CN3Cc2sccc2C)cc1. The van der Waals surface area contributed by atoms with Crippen LogP contribution < -0.4 is 10.1 Å². The van der Waals surface area contributed by atoms with Gasteiger partial charge >= 0.3 is 6.03 Å². The second kappa shape index (κ2) is 8.53. The minimum atomic E-state index is 0.0131. The molecule has 1 aromatic carbocycles. The lowest BCUT2D eigenvalue weighted by molar-refractivity contribution is 0.140. The Morgan fingerprint density at radius 2 is 2.04 bits per heavy atom. The molecule has 0 spiro atoms. The summed E-state index contributed by atoms with van der Waals surface area (Å²) in [6.45, 7) is 7.87. The number of fused-ring (bicyclic) bond motifs is 2. The van der Waals surface area contributed by atoms with Gasteiger partial charge in [0, 0.05) is 42.3 Å². The number of urea groups is 1. The van der Waals surface area contributed by atoms with E-state index in [-0.39, 0.29) is 6.03 Å². The smallest absolute Gasteiger partial charge is 0.322 e. The normalized spacial score (nSPS) is 21.3. The molecule has 2 amide bonds. The lowest BCUT2D eigenvalue weighted by atomic mass is 10.2. The zero-order chi connectivity index (χ0) is 19.5. The summed E-state index contributed by atoms with van der Waals surface area (Å²) in [5.74, 6) is 0.853. The number of anilines is 1. The molecule has 2 atom stereocenters. The fourth-order valence-electron chi connectivity index (χ4n) is 4.11. The van der Waals surface area contributed by atoms with Crippen LogP contribution >= 0.6 is 11.3 Å². The van der Waals surface area contributed by atoms with E-state index in [1.165, 1.54) is 10.4 Å². The van der Waals surface area contributed by atoms with E-state index >= 15 is 0 Å². The molecule has 0 radical (unpaired) electrons. The number of carbonyl (C=O) groups excluding carboxylic acids is 1. The van der Waals surface area contributed by atoms with Gasteiger partial charge < -0.3 is 15.0 Å². The van der Waals surface area contributed by atoms with Crippen LogP contribution in [0.3, 0.4) is 0 Å². The molecule has 2 aromatic rings. The molecule has 3 heterocycles. The lowest BCUT2D eigenvalue weighted by Gasteiger charge is -2.34. The number of likely N-dealkylation sites (tertiary alicyclic amines) is 2. The Kier molecular flexibility index (Phi) is 5.87. The summed E-state index contributed by atoms with van der Waals surface area (Å²) in [4.78, 5) is 18.7. The molecule has 2 fully saturated rings. The zero-order valence-corrected chi connectivity index (χ0v) is 17.5. The van der Waals surface area contributed by atoms with Crippen molar-refractivity contribution in [1.29, 1.82) is 0 Å². The molecule has 2 unspecified atom stereocenters. The second-order valence-electron chi connectivity index (χ2n) is 7.81. The van der Waals surface area contributed by atoms with Gasteiger partial charge in [0.05, 0.1) is 6.61 Å². The highest BCUT2D eigenvalue weighted by Crippen LogP contribution is 2.33. The van der Waals surface area contributed by atoms with Crippen molar-refractivity contribution in [3.63, 3.8) is 0 Å². The summed E-state index contributed by atoms with van der Waals surface area (Å²) >= 11 is 1.83. The van der Waals surface area contributed by atoms with E-state index in [2.05, 4.69) is 35.5 Å². The topological polar surface area (TPSA) is 44.8 Å². The first kappa shape index (κ1) is 19.3. The molecule has 5 nitrogen and oxygen atoms in total. The standard InChI is InChI=1S/C22H29N3O2S/c1-3-4-10-27-20-7-5-17(6-8-20)23-22(26)25-14-18-12-19(25)13-24(18)15-21-16(2)9-11-28-21/h5-9,11,18-19H,3-4,10,12-15H2,1-2H3,(H,23,26). The third-order valence-corrected chi connectivity index (χ3v) is 6.81. The predicted molar refractivity (Wildman–Crippen MR) is 114 cm³/mol. The number of rotatable bonds is 7.